The fourth-order valence-corrected chi connectivity index (χ4v) is 2.91. The third-order valence-electron chi connectivity index (χ3n) is 3.89. The van der Waals surface area contributed by atoms with Crippen LogP contribution in [-0.2, 0) is 11.2 Å². The molecule has 3 heteroatoms. The molecule has 1 amide bonds. The number of amidine groups is 1. The number of carbonyl (C=O) groups excluding carboxylic acids is 1. The highest BCUT2D eigenvalue weighted by Crippen LogP contribution is 2.34. The molecule has 18 heavy (non-hydrogen) atoms. The van der Waals surface area contributed by atoms with Gasteiger partial charge in [-0.3, -0.25) is 9.79 Å². The molecule has 0 aromatic heterocycles. The molecule has 1 aliphatic carbocycles. The van der Waals surface area contributed by atoms with Gasteiger partial charge < -0.3 is 5.32 Å². The van der Waals surface area contributed by atoms with Crippen LogP contribution in [0.4, 0.5) is 0 Å². The first-order valence-electron chi connectivity index (χ1n) is 6.63. The van der Waals surface area contributed by atoms with Crippen molar-refractivity contribution in [2.45, 2.75) is 38.6 Å². The molecule has 0 saturated heterocycles. The number of nitrogens with one attached hydrogen (secondary N) is 1. The maximum atomic E-state index is 11.9. The zero-order chi connectivity index (χ0) is 12.7. The minimum atomic E-state index is -0.201. The highest BCUT2D eigenvalue weighted by molar-refractivity contribution is 6.08. The first-order valence-corrected chi connectivity index (χ1v) is 6.63. The number of rotatable bonds is 2. The Morgan fingerprint density at radius 2 is 2.11 bits per heavy atom. The maximum absolute atomic E-state index is 11.9. The third-order valence-corrected chi connectivity index (χ3v) is 3.89. The van der Waals surface area contributed by atoms with E-state index in [0.717, 1.165) is 18.7 Å². The standard InChI is InChI=1S/C15H18N2O/c1-9(2)13-15(18)17-14(16-13)12-8-7-10-5-3-4-6-11(10)12/h3-6,9,12-13H,7-8H2,1-2H3,(H,16,17,18). The second kappa shape index (κ2) is 4.23. The van der Waals surface area contributed by atoms with Crippen LogP contribution < -0.4 is 5.32 Å². The van der Waals surface area contributed by atoms with Gasteiger partial charge in [0.05, 0.1) is 0 Å². The Kier molecular flexibility index (Phi) is 2.69. The van der Waals surface area contributed by atoms with E-state index in [9.17, 15) is 4.79 Å². The zero-order valence-electron chi connectivity index (χ0n) is 10.8. The van der Waals surface area contributed by atoms with E-state index < -0.39 is 0 Å². The summed E-state index contributed by atoms with van der Waals surface area (Å²) in [6, 6.07) is 8.27. The van der Waals surface area contributed by atoms with Crippen molar-refractivity contribution in [1.29, 1.82) is 0 Å². The number of fused-ring (bicyclic) bond motifs is 1. The summed E-state index contributed by atoms with van der Waals surface area (Å²) in [6.45, 7) is 4.08. The highest BCUT2D eigenvalue weighted by atomic mass is 16.2. The van der Waals surface area contributed by atoms with Crippen molar-refractivity contribution in [3.8, 4) is 0 Å². The predicted octanol–water partition coefficient (Wildman–Crippen LogP) is 2.27. The Balaban J connectivity index is 1.90. The summed E-state index contributed by atoms with van der Waals surface area (Å²) in [4.78, 5) is 16.5. The zero-order valence-corrected chi connectivity index (χ0v) is 10.8. The van der Waals surface area contributed by atoms with Gasteiger partial charge in [0.25, 0.3) is 0 Å². The molecule has 0 bridgehead atoms. The molecule has 2 atom stereocenters. The first kappa shape index (κ1) is 11.5. The lowest BCUT2D eigenvalue weighted by Crippen LogP contribution is -2.33. The molecular weight excluding hydrogens is 224 g/mol. The molecule has 0 radical (unpaired) electrons. The van der Waals surface area contributed by atoms with E-state index >= 15 is 0 Å². The summed E-state index contributed by atoms with van der Waals surface area (Å²) in [6.07, 6.45) is 2.14. The fraction of sp³-hybridized carbons (Fsp3) is 0.467. The molecule has 0 spiro atoms. The minimum absolute atomic E-state index is 0.0596. The maximum Gasteiger partial charge on any atom is 0.250 e. The normalized spacial score (nSPS) is 26.2. The van der Waals surface area contributed by atoms with Crippen LogP contribution in [0.15, 0.2) is 29.3 Å². The van der Waals surface area contributed by atoms with E-state index in [-0.39, 0.29) is 23.8 Å². The van der Waals surface area contributed by atoms with E-state index in [0.29, 0.717) is 0 Å². The summed E-state index contributed by atoms with van der Waals surface area (Å²) in [5.41, 5.74) is 2.73. The summed E-state index contributed by atoms with van der Waals surface area (Å²) in [5, 5.41) is 2.98. The van der Waals surface area contributed by atoms with E-state index in [1.807, 2.05) is 13.8 Å². The number of amides is 1. The molecule has 1 aliphatic heterocycles. The van der Waals surface area contributed by atoms with Crippen molar-refractivity contribution >= 4 is 11.7 Å². The number of hydrogen-bond acceptors (Lipinski definition) is 2. The van der Waals surface area contributed by atoms with Crippen molar-refractivity contribution in [3.63, 3.8) is 0 Å². The predicted molar refractivity (Wildman–Crippen MR) is 71.7 cm³/mol. The van der Waals surface area contributed by atoms with Crippen molar-refractivity contribution < 1.29 is 4.79 Å². The summed E-state index contributed by atoms with van der Waals surface area (Å²) < 4.78 is 0. The molecule has 1 heterocycles. The quantitative estimate of drug-likeness (QED) is 0.849. The topological polar surface area (TPSA) is 41.5 Å². The van der Waals surface area contributed by atoms with Crippen LogP contribution in [-0.4, -0.2) is 17.8 Å². The third kappa shape index (κ3) is 1.74. The van der Waals surface area contributed by atoms with Crippen LogP contribution in [0.5, 0.6) is 0 Å². The van der Waals surface area contributed by atoms with Crippen LogP contribution in [0.2, 0.25) is 0 Å². The molecule has 1 aromatic carbocycles. The summed E-state index contributed by atoms with van der Waals surface area (Å²) >= 11 is 0. The number of nitrogens with zero attached hydrogens (tertiary/aromatic N) is 1. The molecule has 2 unspecified atom stereocenters. The average Bonchev–Trinajstić information content (AvgIpc) is 2.92. The molecule has 1 aromatic rings. The molecule has 0 saturated carbocycles. The summed E-state index contributed by atoms with van der Waals surface area (Å²) in [7, 11) is 0. The molecule has 94 valence electrons. The van der Waals surface area contributed by atoms with Crippen LogP contribution >= 0.6 is 0 Å². The Bertz CT molecular complexity index is 519. The van der Waals surface area contributed by atoms with Gasteiger partial charge in [-0.2, -0.15) is 0 Å². The Labute approximate surface area is 107 Å². The monoisotopic (exact) mass is 242 g/mol. The van der Waals surface area contributed by atoms with Gasteiger partial charge in [0.15, 0.2) is 0 Å². The van der Waals surface area contributed by atoms with Gasteiger partial charge in [0.2, 0.25) is 5.91 Å². The lowest BCUT2D eigenvalue weighted by atomic mass is 10.0. The number of aliphatic imine (C=N–C) groups is 1. The molecule has 1 N–H and O–H groups in total. The van der Waals surface area contributed by atoms with E-state index in [2.05, 4.69) is 34.6 Å². The van der Waals surface area contributed by atoms with Gasteiger partial charge in [-0.15, -0.1) is 0 Å². The lowest BCUT2D eigenvalue weighted by molar-refractivity contribution is -0.120. The van der Waals surface area contributed by atoms with E-state index in [4.69, 9.17) is 0 Å². The lowest BCUT2D eigenvalue weighted by Gasteiger charge is -2.10. The van der Waals surface area contributed by atoms with E-state index in [1.54, 1.807) is 0 Å². The molecule has 3 nitrogen and oxygen atoms in total. The number of hydrogen-bond donors (Lipinski definition) is 1. The highest BCUT2D eigenvalue weighted by Gasteiger charge is 2.35. The second-order valence-electron chi connectivity index (χ2n) is 5.48. The number of aryl methyl sites for hydroxylation is 1. The van der Waals surface area contributed by atoms with Crippen molar-refractivity contribution in [2.24, 2.45) is 10.9 Å². The van der Waals surface area contributed by atoms with Gasteiger partial charge in [0.1, 0.15) is 11.9 Å². The molecule has 3 rings (SSSR count). The Morgan fingerprint density at radius 1 is 1.33 bits per heavy atom. The number of carbonyl (C=O) groups is 1. The SMILES string of the molecule is CC(C)C1N=C(C2CCc3ccccc32)NC1=O. The van der Waals surface area contributed by atoms with Crippen LogP contribution in [0, 0.1) is 5.92 Å². The molecular formula is C15H18N2O. The smallest absolute Gasteiger partial charge is 0.250 e. The van der Waals surface area contributed by atoms with Gasteiger partial charge in [0, 0.05) is 5.92 Å². The minimum Gasteiger partial charge on any atom is -0.312 e. The fourth-order valence-electron chi connectivity index (χ4n) is 2.91. The second-order valence-corrected chi connectivity index (χ2v) is 5.48. The Morgan fingerprint density at radius 3 is 2.83 bits per heavy atom. The van der Waals surface area contributed by atoms with Crippen molar-refractivity contribution in [2.75, 3.05) is 0 Å². The van der Waals surface area contributed by atoms with Gasteiger partial charge in [-0.25, -0.2) is 0 Å². The van der Waals surface area contributed by atoms with Crippen LogP contribution in [0.25, 0.3) is 0 Å². The summed E-state index contributed by atoms with van der Waals surface area (Å²) in [5.74, 6) is 1.49. The van der Waals surface area contributed by atoms with E-state index in [1.165, 1.54) is 11.1 Å². The molecule has 2 aliphatic rings. The van der Waals surface area contributed by atoms with Crippen LogP contribution in [0.3, 0.4) is 0 Å². The van der Waals surface area contributed by atoms with Gasteiger partial charge >= 0.3 is 0 Å². The average molecular weight is 242 g/mol. The van der Waals surface area contributed by atoms with Gasteiger partial charge in [-0.1, -0.05) is 38.1 Å². The largest absolute Gasteiger partial charge is 0.312 e. The number of benzene rings is 1. The van der Waals surface area contributed by atoms with Gasteiger partial charge in [-0.05, 0) is 29.9 Å². The Hall–Kier alpha value is -1.64. The first-order chi connectivity index (χ1) is 8.66. The van der Waals surface area contributed by atoms with Crippen molar-refractivity contribution in [1.82, 2.24) is 5.32 Å². The van der Waals surface area contributed by atoms with Crippen LogP contribution in [0.1, 0.15) is 37.3 Å². The van der Waals surface area contributed by atoms with Crippen molar-refractivity contribution in [3.05, 3.63) is 35.4 Å². The molecule has 0 fully saturated rings.